The number of aromatic nitrogens is 2. The quantitative estimate of drug-likeness (QED) is 0.781. The average molecular weight is 357 g/mol. The van der Waals surface area contributed by atoms with Crippen molar-refractivity contribution in [2.24, 2.45) is 5.10 Å². The predicted molar refractivity (Wildman–Crippen MR) is 100 cm³/mol. The Hall–Kier alpha value is -2.87. The van der Waals surface area contributed by atoms with Crippen molar-refractivity contribution in [2.75, 3.05) is 33.2 Å². The molecule has 1 aromatic heterocycles. The molecule has 0 atom stereocenters. The van der Waals surface area contributed by atoms with Crippen LogP contribution in [0.5, 0.6) is 5.88 Å². The van der Waals surface area contributed by atoms with Gasteiger partial charge >= 0.3 is 5.69 Å². The Kier molecular flexibility index (Phi) is 4.94. The maximum Gasteiger partial charge on any atom is 0.335 e. The van der Waals surface area contributed by atoms with Gasteiger partial charge in [0, 0.05) is 26.2 Å². The molecule has 1 fully saturated rings. The van der Waals surface area contributed by atoms with Gasteiger partial charge in [0.25, 0.3) is 5.56 Å². The number of nitrogens with zero attached hydrogens (tertiary/aromatic N) is 4. The summed E-state index contributed by atoms with van der Waals surface area (Å²) in [5, 5.41) is 17.1. The van der Waals surface area contributed by atoms with E-state index < -0.39 is 17.1 Å². The number of para-hydroxylation sites is 1. The van der Waals surface area contributed by atoms with Crippen LogP contribution < -0.4 is 11.2 Å². The number of nitrogens with one attached hydrogen (secondary N) is 1. The first-order valence-corrected chi connectivity index (χ1v) is 8.52. The molecular weight excluding hydrogens is 334 g/mol. The van der Waals surface area contributed by atoms with E-state index in [1.165, 1.54) is 0 Å². The third kappa shape index (κ3) is 3.41. The zero-order valence-electron chi connectivity index (χ0n) is 15.2. The van der Waals surface area contributed by atoms with Crippen molar-refractivity contribution < 1.29 is 5.11 Å². The van der Waals surface area contributed by atoms with Crippen LogP contribution in [0.2, 0.25) is 0 Å². The highest BCUT2D eigenvalue weighted by Gasteiger charge is 2.20. The highest BCUT2D eigenvalue weighted by atomic mass is 16.3. The van der Waals surface area contributed by atoms with Gasteiger partial charge in [0.1, 0.15) is 5.56 Å². The van der Waals surface area contributed by atoms with Crippen LogP contribution in [-0.2, 0) is 0 Å². The van der Waals surface area contributed by atoms with Crippen molar-refractivity contribution in [3.05, 3.63) is 56.2 Å². The molecule has 2 N–H and O–H groups in total. The molecule has 8 heteroatoms. The molecule has 0 radical (unpaired) electrons. The molecule has 0 amide bonds. The highest BCUT2D eigenvalue weighted by molar-refractivity contribution is 6.00. The first kappa shape index (κ1) is 17.9. The number of piperazine rings is 1. The molecular formula is C18H23N5O3. The lowest BCUT2D eigenvalue weighted by Crippen LogP contribution is -2.42. The molecule has 1 aliphatic rings. The summed E-state index contributed by atoms with van der Waals surface area (Å²) in [7, 11) is 2.04. The fourth-order valence-corrected chi connectivity index (χ4v) is 3.05. The summed E-state index contributed by atoms with van der Waals surface area (Å²) in [5.41, 5.74) is 0.365. The average Bonchev–Trinajstić information content (AvgIpc) is 2.58. The molecule has 0 unspecified atom stereocenters. The molecule has 1 aliphatic heterocycles. The van der Waals surface area contributed by atoms with Crippen LogP contribution in [0.3, 0.4) is 0 Å². The van der Waals surface area contributed by atoms with Gasteiger partial charge in [-0.15, -0.1) is 0 Å². The lowest BCUT2D eigenvalue weighted by molar-refractivity contribution is 0.159. The molecule has 0 saturated carbocycles. The number of hydrogen-bond acceptors (Lipinski definition) is 6. The maximum absolute atomic E-state index is 12.3. The second kappa shape index (κ2) is 7.17. The largest absolute Gasteiger partial charge is 0.493 e. The fourth-order valence-electron chi connectivity index (χ4n) is 3.05. The van der Waals surface area contributed by atoms with E-state index in [1.54, 1.807) is 19.1 Å². The summed E-state index contributed by atoms with van der Waals surface area (Å²) in [6, 6.07) is 7.15. The lowest BCUT2D eigenvalue weighted by atomic mass is 10.1. The van der Waals surface area contributed by atoms with E-state index in [9.17, 15) is 14.7 Å². The summed E-state index contributed by atoms with van der Waals surface area (Å²) in [4.78, 5) is 29.1. The van der Waals surface area contributed by atoms with Gasteiger partial charge in [-0.1, -0.05) is 18.2 Å². The SMILES string of the molecule is CC(=NN1CCN(C)CC1)c1c(O)n(-c2ccccc2C)c(=O)[nH]c1=O. The highest BCUT2D eigenvalue weighted by Crippen LogP contribution is 2.20. The van der Waals surface area contributed by atoms with E-state index in [1.807, 2.05) is 31.1 Å². The maximum atomic E-state index is 12.3. The summed E-state index contributed by atoms with van der Waals surface area (Å²) in [6.45, 7) is 6.73. The zero-order valence-corrected chi connectivity index (χ0v) is 15.2. The van der Waals surface area contributed by atoms with E-state index >= 15 is 0 Å². The lowest BCUT2D eigenvalue weighted by Gasteiger charge is -2.30. The number of aromatic hydroxyl groups is 1. The standard InChI is InChI=1S/C18H23N5O3/c1-12-6-4-5-7-14(12)23-17(25)15(16(24)19-18(23)26)13(2)20-22-10-8-21(3)9-11-22/h4-7,25H,8-11H2,1-3H3,(H,19,24,26). The monoisotopic (exact) mass is 357 g/mol. The molecule has 2 aromatic rings. The van der Waals surface area contributed by atoms with Gasteiger partial charge in [0.15, 0.2) is 0 Å². The van der Waals surface area contributed by atoms with E-state index in [0.29, 0.717) is 11.4 Å². The van der Waals surface area contributed by atoms with Gasteiger partial charge in [-0.2, -0.15) is 5.10 Å². The minimum Gasteiger partial charge on any atom is -0.493 e. The van der Waals surface area contributed by atoms with Gasteiger partial charge in [-0.25, -0.2) is 9.36 Å². The molecule has 8 nitrogen and oxygen atoms in total. The third-order valence-corrected chi connectivity index (χ3v) is 4.58. The minimum absolute atomic E-state index is 0.00628. The Balaban J connectivity index is 2.08. The third-order valence-electron chi connectivity index (χ3n) is 4.58. The van der Waals surface area contributed by atoms with Crippen molar-refractivity contribution in [1.82, 2.24) is 19.5 Å². The predicted octanol–water partition coefficient (Wildman–Crippen LogP) is 0.511. The zero-order chi connectivity index (χ0) is 18.8. The number of aryl methyl sites for hydroxylation is 1. The molecule has 26 heavy (non-hydrogen) atoms. The van der Waals surface area contributed by atoms with E-state index in [4.69, 9.17) is 0 Å². The van der Waals surface area contributed by atoms with Gasteiger partial charge in [0.05, 0.1) is 11.4 Å². The van der Waals surface area contributed by atoms with Gasteiger partial charge in [-0.3, -0.25) is 14.8 Å². The first-order valence-electron chi connectivity index (χ1n) is 8.52. The van der Waals surface area contributed by atoms with Crippen molar-refractivity contribution in [1.29, 1.82) is 0 Å². The second-order valence-electron chi connectivity index (χ2n) is 6.52. The minimum atomic E-state index is -0.682. The van der Waals surface area contributed by atoms with Crippen LogP contribution in [0.25, 0.3) is 5.69 Å². The Labute approximate surface area is 151 Å². The van der Waals surface area contributed by atoms with Gasteiger partial charge in [-0.05, 0) is 32.5 Å². The Morgan fingerprint density at radius 2 is 1.81 bits per heavy atom. The Morgan fingerprint density at radius 1 is 1.15 bits per heavy atom. The van der Waals surface area contributed by atoms with E-state index in [-0.39, 0.29) is 5.56 Å². The summed E-state index contributed by atoms with van der Waals surface area (Å²) < 4.78 is 1.11. The summed E-state index contributed by atoms with van der Waals surface area (Å²) >= 11 is 0. The number of likely N-dealkylation sites (N-methyl/N-ethyl adjacent to an activating group) is 1. The summed E-state index contributed by atoms with van der Waals surface area (Å²) in [5.74, 6) is -0.400. The Bertz CT molecular complexity index is 952. The van der Waals surface area contributed by atoms with Crippen LogP contribution in [0.15, 0.2) is 39.0 Å². The van der Waals surface area contributed by atoms with Crippen LogP contribution >= 0.6 is 0 Å². The number of H-pyrrole nitrogens is 1. The number of benzene rings is 1. The molecule has 1 saturated heterocycles. The topological polar surface area (TPSA) is 93.9 Å². The van der Waals surface area contributed by atoms with Crippen molar-refractivity contribution in [3.8, 4) is 11.6 Å². The number of rotatable bonds is 3. The van der Waals surface area contributed by atoms with Gasteiger partial charge in [0.2, 0.25) is 5.88 Å². The van der Waals surface area contributed by atoms with Crippen LogP contribution in [0.1, 0.15) is 18.1 Å². The van der Waals surface area contributed by atoms with Crippen molar-refractivity contribution in [3.63, 3.8) is 0 Å². The van der Waals surface area contributed by atoms with Crippen molar-refractivity contribution >= 4 is 5.71 Å². The van der Waals surface area contributed by atoms with Gasteiger partial charge < -0.3 is 10.0 Å². The fraction of sp³-hybridized carbons (Fsp3) is 0.389. The first-order chi connectivity index (χ1) is 12.4. The molecule has 138 valence electrons. The Morgan fingerprint density at radius 3 is 2.46 bits per heavy atom. The van der Waals surface area contributed by atoms with Crippen LogP contribution in [0, 0.1) is 6.92 Å². The van der Waals surface area contributed by atoms with E-state index in [0.717, 1.165) is 36.3 Å². The molecule has 3 rings (SSSR count). The van der Waals surface area contributed by atoms with Crippen LogP contribution in [-0.4, -0.2) is 63.5 Å². The number of hydrazone groups is 1. The van der Waals surface area contributed by atoms with E-state index in [2.05, 4.69) is 15.0 Å². The number of hydrogen-bond donors (Lipinski definition) is 2. The molecule has 2 heterocycles. The smallest absolute Gasteiger partial charge is 0.335 e. The summed E-state index contributed by atoms with van der Waals surface area (Å²) in [6.07, 6.45) is 0. The van der Waals surface area contributed by atoms with Crippen LogP contribution in [0.4, 0.5) is 0 Å². The normalized spacial score (nSPS) is 16.1. The molecule has 1 aromatic carbocycles. The number of aromatic amines is 1. The molecule has 0 aliphatic carbocycles. The second-order valence-corrected chi connectivity index (χ2v) is 6.52. The van der Waals surface area contributed by atoms with Crippen molar-refractivity contribution in [2.45, 2.75) is 13.8 Å². The molecule has 0 bridgehead atoms. The molecule has 0 spiro atoms.